The topological polar surface area (TPSA) is 101 Å². The summed E-state index contributed by atoms with van der Waals surface area (Å²) in [5, 5.41) is 11.2. The van der Waals surface area contributed by atoms with Gasteiger partial charge >= 0.3 is 5.97 Å². The van der Waals surface area contributed by atoms with Gasteiger partial charge in [0.25, 0.3) is 0 Å². The molecular formula is C9H11N3O4. The van der Waals surface area contributed by atoms with Crippen molar-refractivity contribution in [1.29, 1.82) is 0 Å². The molecule has 0 radical (unpaired) electrons. The molecule has 0 aromatic carbocycles. The first kappa shape index (κ1) is 11.9. The number of nitrogens with one attached hydrogen (secondary N) is 1. The van der Waals surface area contributed by atoms with Gasteiger partial charge in [0.2, 0.25) is 17.7 Å². The molecule has 7 heteroatoms. The van der Waals surface area contributed by atoms with Gasteiger partial charge in [-0.2, -0.15) is 4.98 Å². The Labute approximate surface area is 91.5 Å². The third kappa shape index (κ3) is 2.91. The summed E-state index contributed by atoms with van der Waals surface area (Å²) in [5.74, 6) is -1.57. The number of carboxylic acids is 1. The maximum Gasteiger partial charge on any atom is 0.342 e. The molecule has 1 aromatic heterocycles. The summed E-state index contributed by atoms with van der Waals surface area (Å²) in [6.45, 7) is 3.28. The zero-order chi connectivity index (χ0) is 12.1. The minimum absolute atomic E-state index is 0.0148. The highest BCUT2D eigenvalue weighted by Gasteiger charge is 2.14. The van der Waals surface area contributed by atoms with Gasteiger partial charge in [0.15, 0.2) is 0 Å². The van der Waals surface area contributed by atoms with E-state index in [2.05, 4.69) is 15.3 Å². The van der Waals surface area contributed by atoms with Crippen LogP contribution in [0.2, 0.25) is 0 Å². The molecule has 86 valence electrons. The summed E-state index contributed by atoms with van der Waals surface area (Å²) < 4.78 is 5.04. The molecule has 0 atom stereocenters. The van der Waals surface area contributed by atoms with Crippen LogP contribution < -0.4 is 10.1 Å². The minimum Gasteiger partial charge on any atom is -0.477 e. The normalized spacial score (nSPS) is 9.62. The molecule has 0 spiro atoms. The van der Waals surface area contributed by atoms with Gasteiger partial charge in [0.05, 0.1) is 12.8 Å². The van der Waals surface area contributed by atoms with E-state index in [4.69, 9.17) is 9.84 Å². The standard InChI is InChI=1S/C9H11N3O4/c1-3-16-7-6(8(14)15)4-10-9(12-7)11-5(2)13/h4H,3H2,1-2H3,(H,14,15)(H,10,11,12,13). The highest BCUT2D eigenvalue weighted by molar-refractivity contribution is 5.91. The zero-order valence-corrected chi connectivity index (χ0v) is 8.85. The maximum atomic E-state index is 10.8. The first-order valence-corrected chi connectivity index (χ1v) is 4.55. The van der Waals surface area contributed by atoms with Gasteiger partial charge in [-0.05, 0) is 6.92 Å². The second-order valence-electron chi connectivity index (χ2n) is 2.83. The number of hydrogen-bond donors (Lipinski definition) is 2. The average molecular weight is 225 g/mol. The first-order valence-electron chi connectivity index (χ1n) is 4.55. The van der Waals surface area contributed by atoms with Gasteiger partial charge in [0, 0.05) is 6.92 Å². The van der Waals surface area contributed by atoms with Crippen molar-refractivity contribution in [2.75, 3.05) is 11.9 Å². The summed E-state index contributed by atoms with van der Waals surface area (Å²) in [5.41, 5.74) is -0.143. The Hall–Kier alpha value is -2.18. The number of carbonyl (C=O) groups excluding carboxylic acids is 1. The van der Waals surface area contributed by atoms with E-state index in [0.717, 1.165) is 6.20 Å². The Kier molecular flexibility index (Phi) is 3.76. The van der Waals surface area contributed by atoms with Crippen molar-refractivity contribution in [2.24, 2.45) is 0 Å². The van der Waals surface area contributed by atoms with Crippen molar-refractivity contribution in [1.82, 2.24) is 9.97 Å². The monoisotopic (exact) mass is 225 g/mol. The SMILES string of the molecule is CCOc1nc(NC(C)=O)ncc1C(=O)O. The molecule has 7 nitrogen and oxygen atoms in total. The maximum absolute atomic E-state index is 10.8. The first-order chi connectivity index (χ1) is 7.54. The van der Waals surface area contributed by atoms with Crippen LogP contribution in [0.25, 0.3) is 0 Å². The summed E-state index contributed by atoms with van der Waals surface area (Å²) >= 11 is 0. The lowest BCUT2D eigenvalue weighted by Gasteiger charge is -2.07. The number of aromatic nitrogens is 2. The van der Waals surface area contributed by atoms with E-state index in [0.29, 0.717) is 0 Å². The number of hydrogen-bond acceptors (Lipinski definition) is 5. The second kappa shape index (κ2) is 5.06. The molecule has 0 aliphatic rings. The molecule has 0 saturated heterocycles. The number of carboxylic acid groups (broad SMARTS) is 1. The molecule has 0 aliphatic carbocycles. The van der Waals surface area contributed by atoms with Crippen molar-refractivity contribution < 1.29 is 19.4 Å². The number of nitrogens with zero attached hydrogens (tertiary/aromatic N) is 2. The van der Waals surface area contributed by atoms with Gasteiger partial charge < -0.3 is 9.84 Å². The van der Waals surface area contributed by atoms with Gasteiger partial charge in [0.1, 0.15) is 5.56 Å². The summed E-state index contributed by atoms with van der Waals surface area (Å²) in [6.07, 6.45) is 1.09. The van der Waals surface area contributed by atoms with Crippen LogP contribution in [0.4, 0.5) is 5.95 Å². The van der Waals surface area contributed by atoms with Crippen molar-refractivity contribution in [3.05, 3.63) is 11.8 Å². The Morgan fingerprint density at radius 1 is 1.56 bits per heavy atom. The van der Waals surface area contributed by atoms with Gasteiger partial charge in [-0.25, -0.2) is 9.78 Å². The average Bonchev–Trinajstić information content (AvgIpc) is 2.17. The fraction of sp³-hybridized carbons (Fsp3) is 0.333. The summed E-state index contributed by atoms with van der Waals surface area (Å²) in [4.78, 5) is 29.0. The van der Waals surface area contributed by atoms with E-state index in [1.165, 1.54) is 6.92 Å². The Balaban J connectivity index is 3.06. The van der Waals surface area contributed by atoms with E-state index >= 15 is 0 Å². The number of carbonyl (C=O) groups is 2. The molecule has 1 aromatic rings. The molecule has 16 heavy (non-hydrogen) atoms. The van der Waals surface area contributed by atoms with Crippen LogP contribution in [0.3, 0.4) is 0 Å². The van der Waals surface area contributed by atoms with Crippen LogP contribution in [-0.4, -0.2) is 33.6 Å². The molecule has 1 rings (SSSR count). The lowest BCUT2D eigenvalue weighted by molar-refractivity contribution is -0.114. The smallest absolute Gasteiger partial charge is 0.342 e. The van der Waals surface area contributed by atoms with Crippen molar-refractivity contribution in [2.45, 2.75) is 13.8 Å². The number of amides is 1. The van der Waals surface area contributed by atoms with Gasteiger partial charge in [-0.15, -0.1) is 0 Å². The minimum atomic E-state index is -1.18. The fourth-order valence-corrected chi connectivity index (χ4v) is 0.977. The van der Waals surface area contributed by atoms with Crippen LogP contribution in [0.1, 0.15) is 24.2 Å². The highest BCUT2D eigenvalue weighted by Crippen LogP contribution is 2.16. The fourth-order valence-electron chi connectivity index (χ4n) is 0.977. The van der Waals surface area contributed by atoms with E-state index in [-0.39, 0.29) is 29.9 Å². The highest BCUT2D eigenvalue weighted by atomic mass is 16.5. The molecule has 1 amide bonds. The molecule has 2 N–H and O–H groups in total. The number of rotatable bonds is 4. The predicted molar refractivity (Wildman–Crippen MR) is 54.5 cm³/mol. The van der Waals surface area contributed by atoms with Crippen molar-refractivity contribution in [3.63, 3.8) is 0 Å². The van der Waals surface area contributed by atoms with E-state index < -0.39 is 5.97 Å². The quantitative estimate of drug-likeness (QED) is 0.775. The molecular weight excluding hydrogens is 214 g/mol. The molecule has 0 saturated carbocycles. The number of anilines is 1. The van der Waals surface area contributed by atoms with Gasteiger partial charge in [-0.3, -0.25) is 10.1 Å². The third-order valence-electron chi connectivity index (χ3n) is 1.55. The van der Waals surface area contributed by atoms with E-state index in [9.17, 15) is 9.59 Å². The lowest BCUT2D eigenvalue weighted by Crippen LogP contribution is -2.12. The molecule has 0 unspecified atom stereocenters. The predicted octanol–water partition coefficient (Wildman–Crippen LogP) is 0.532. The number of ether oxygens (including phenoxy) is 1. The molecule has 0 aliphatic heterocycles. The summed E-state index contributed by atoms with van der Waals surface area (Å²) in [6, 6.07) is 0. The van der Waals surface area contributed by atoms with Crippen LogP contribution in [-0.2, 0) is 4.79 Å². The van der Waals surface area contributed by atoms with Gasteiger partial charge in [-0.1, -0.05) is 0 Å². The van der Waals surface area contributed by atoms with E-state index in [1.54, 1.807) is 6.92 Å². The van der Waals surface area contributed by atoms with Crippen LogP contribution in [0.15, 0.2) is 6.20 Å². The van der Waals surface area contributed by atoms with Crippen molar-refractivity contribution in [3.8, 4) is 5.88 Å². The Morgan fingerprint density at radius 2 is 2.25 bits per heavy atom. The Morgan fingerprint density at radius 3 is 2.75 bits per heavy atom. The second-order valence-corrected chi connectivity index (χ2v) is 2.83. The van der Waals surface area contributed by atoms with Crippen molar-refractivity contribution >= 4 is 17.8 Å². The van der Waals surface area contributed by atoms with Crippen LogP contribution >= 0.6 is 0 Å². The van der Waals surface area contributed by atoms with Crippen LogP contribution in [0.5, 0.6) is 5.88 Å². The zero-order valence-electron chi connectivity index (χ0n) is 8.85. The van der Waals surface area contributed by atoms with Crippen LogP contribution in [0, 0.1) is 0 Å². The summed E-state index contributed by atoms with van der Waals surface area (Å²) in [7, 11) is 0. The lowest BCUT2D eigenvalue weighted by atomic mass is 10.3. The molecule has 0 fully saturated rings. The molecule has 1 heterocycles. The number of aromatic carboxylic acids is 1. The third-order valence-corrected chi connectivity index (χ3v) is 1.55. The van der Waals surface area contributed by atoms with E-state index in [1.807, 2.05) is 0 Å². The Bertz CT molecular complexity index is 419. The molecule has 0 bridgehead atoms. The largest absolute Gasteiger partial charge is 0.477 e.